The predicted molar refractivity (Wildman–Crippen MR) is 77.4 cm³/mol. The summed E-state index contributed by atoms with van der Waals surface area (Å²) in [7, 11) is 0. The van der Waals surface area contributed by atoms with Crippen LogP contribution in [0.4, 0.5) is 0 Å². The number of hydrogen-bond donors (Lipinski definition) is 1. The molecule has 1 aliphatic carbocycles. The summed E-state index contributed by atoms with van der Waals surface area (Å²) in [6.45, 7) is 1.16. The summed E-state index contributed by atoms with van der Waals surface area (Å²) in [5.41, 5.74) is 6.12. The van der Waals surface area contributed by atoms with Gasteiger partial charge in [0.25, 0.3) is 5.89 Å². The zero-order valence-corrected chi connectivity index (χ0v) is 12.2. The van der Waals surface area contributed by atoms with Crippen molar-refractivity contribution in [2.24, 2.45) is 5.73 Å². The number of nitrogens with zero attached hydrogens (tertiary/aromatic N) is 5. The van der Waals surface area contributed by atoms with Crippen LogP contribution in [0.15, 0.2) is 10.7 Å². The average molecular weight is 290 g/mol. The third kappa shape index (κ3) is 3.47. The first kappa shape index (κ1) is 14.2. The van der Waals surface area contributed by atoms with Gasteiger partial charge in [-0.25, -0.2) is 0 Å². The monoisotopic (exact) mass is 290 g/mol. The number of hydrogen-bond acceptors (Lipinski definition) is 6. The van der Waals surface area contributed by atoms with Gasteiger partial charge in [0.1, 0.15) is 0 Å². The van der Waals surface area contributed by atoms with Crippen LogP contribution < -0.4 is 5.73 Å². The van der Waals surface area contributed by atoms with Gasteiger partial charge in [-0.3, -0.25) is 4.68 Å². The Kier molecular flexibility index (Phi) is 4.59. The Bertz CT molecular complexity index is 555. The van der Waals surface area contributed by atoms with E-state index in [1.165, 1.54) is 32.1 Å². The lowest BCUT2D eigenvalue weighted by Crippen LogP contribution is -2.10. The molecule has 3 rings (SSSR count). The van der Waals surface area contributed by atoms with Crippen molar-refractivity contribution in [1.29, 1.82) is 0 Å². The van der Waals surface area contributed by atoms with Gasteiger partial charge in [-0.15, -0.1) is 5.10 Å². The summed E-state index contributed by atoms with van der Waals surface area (Å²) >= 11 is 0. The molecule has 2 heterocycles. The van der Waals surface area contributed by atoms with Crippen molar-refractivity contribution in [2.45, 2.75) is 57.4 Å². The zero-order chi connectivity index (χ0) is 14.5. The molecule has 1 fully saturated rings. The summed E-state index contributed by atoms with van der Waals surface area (Å²) in [4.78, 5) is 4.53. The maximum Gasteiger partial charge on any atom is 0.280 e. The third-order valence-electron chi connectivity index (χ3n) is 4.03. The number of nitrogens with two attached hydrogens (primary N) is 1. The van der Waals surface area contributed by atoms with Gasteiger partial charge < -0.3 is 10.3 Å². The fraction of sp³-hybridized carbons (Fsp3) is 0.714. The van der Waals surface area contributed by atoms with Crippen LogP contribution in [0.3, 0.4) is 0 Å². The third-order valence-corrected chi connectivity index (χ3v) is 4.03. The zero-order valence-electron chi connectivity index (χ0n) is 12.2. The number of aromatic nitrogens is 5. The van der Waals surface area contributed by atoms with Gasteiger partial charge in [-0.05, 0) is 12.8 Å². The van der Waals surface area contributed by atoms with E-state index in [0.29, 0.717) is 30.6 Å². The van der Waals surface area contributed by atoms with Crippen molar-refractivity contribution in [3.63, 3.8) is 0 Å². The summed E-state index contributed by atoms with van der Waals surface area (Å²) in [5, 5.41) is 12.2. The molecule has 0 unspecified atom stereocenters. The normalized spacial score (nSPS) is 17.6. The van der Waals surface area contributed by atoms with Gasteiger partial charge in [0.15, 0.2) is 11.5 Å². The molecular formula is C14H22N6O. The molecule has 0 saturated heterocycles. The summed E-state index contributed by atoms with van der Waals surface area (Å²) < 4.78 is 7.05. The highest BCUT2D eigenvalue weighted by molar-refractivity contribution is 5.43. The number of rotatable bonds is 4. The van der Waals surface area contributed by atoms with Gasteiger partial charge in [-0.2, -0.15) is 4.98 Å². The van der Waals surface area contributed by atoms with Crippen LogP contribution in [-0.4, -0.2) is 31.7 Å². The Labute approximate surface area is 123 Å². The molecule has 1 aliphatic rings. The fourth-order valence-electron chi connectivity index (χ4n) is 2.86. The van der Waals surface area contributed by atoms with Crippen LogP contribution in [0, 0.1) is 0 Å². The minimum Gasteiger partial charge on any atom is -0.332 e. The lowest BCUT2D eigenvalue weighted by atomic mass is 9.91. The van der Waals surface area contributed by atoms with E-state index in [4.69, 9.17) is 10.3 Å². The van der Waals surface area contributed by atoms with E-state index >= 15 is 0 Å². The van der Waals surface area contributed by atoms with Crippen molar-refractivity contribution < 1.29 is 4.52 Å². The SMILES string of the molecule is NCCn1cc(-c2nc(C3CCCCCCC3)no2)nn1. The van der Waals surface area contributed by atoms with Crippen molar-refractivity contribution in [2.75, 3.05) is 6.54 Å². The average Bonchev–Trinajstić information content (AvgIpc) is 3.07. The van der Waals surface area contributed by atoms with E-state index in [-0.39, 0.29) is 0 Å². The molecule has 2 N–H and O–H groups in total. The molecule has 0 atom stereocenters. The van der Waals surface area contributed by atoms with E-state index in [0.717, 1.165) is 18.7 Å². The van der Waals surface area contributed by atoms with Crippen LogP contribution in [0.5, 0.6) is 0 Å². The summed E-state index contributed by atoms with van der Waals surface area (Å²) in [6, 6.07) is 0. The fourth-order valence-corrected chi connectivity index (χ4v) is 2.86. The van der Waals surface area contributed by atoms with Crippen LogP contribution in [-0.2, 0) is 6.54 Å². The molecule has 2 aromatic heterocycles. The maximum atomic E-state index is 5.50. The molecule has 0 radical (unpaired) electrons. The summed E-state index contributed by atoms with van der Waals surface area (Å²) in [6.07, 6.45) is 10.6. The van der Waals surface area contributed by atoms with Crippen molar-refractivity contribution in [3.05, 3.63) is 12.0 Å². The van der Waals surface area contributed by atoms with Gasteiger partial charge in [0.05, 0.1) is 12.7 Å². The molecule has 0 amide bonds. The standard InChI is InChI=1S/C14H22N6O/c15-8-9-20-10-12(17-19-20)14-16-13(18-21-14)11-6-4-2-1-3-5-7-11/h10-11H,1-9,15H2. The quantitative estimate of drug-likeness (QED) is 0.926. The van der Waals surface area contributed by atoms with Crippen LogP contribution in [0.2, 0.25) is 0 Å². The highest BCUT2D eigenvalue weighted by atomic mass is 16.5. The van der Waals surface area contributed by atoms with Crippen molar-refractivity contribution >= 4 is 0 Å². The molecule has 7 heteroatoms. The van der Waals surface area contributed by atoms with Crippen LogP contribution in [0.1, 0.15) is 56.7 Å². The predicted octanol–water partition coefficient (Wildman–Crippen LogP) is 2.11. The Balaban J connectivity index is 1.72. The Morgan fingerprint density at radius 2 is 1.95 bits per heavy atom. The molecule has 0 aromatic carbocycles. The molecule has 2 aromatic rings. The second-order valence-corrected chi connectivity index (χ2v) is 5.66. The molecule has 7 nitrogen and oxygen atoms in total. The van der Waals surface area contributed by atoms with E-state index in [9.17, 15) is 0 Å². The Morgan fingerprint density at radius 1 is 1.19 bits per heavy atom. The topological polar surface area (TPSA) is 95.7 Å². The molecule has 0 spiro atoms. The Hall–Kier alpha value is -1.76. The smallest absolute Gasteiger partial charge is 0.280 e. The van der Waals surface area contributed by atoms with E-state index < -0.39 is 0 Å². The largest absolute Gasteiger partial charge is 0.332 e. The van der Waals surface area contributed by atoms with E-state index in [1.807, 2.05) is 0 Å². The second-order valence-electron chi connectivity index (χ2n) is 5.66. The lowest BCUT2D eigenvalue weighted by molar-refractivity contribution is 0.392. The van der Waals surface area contributed by atoms with Gasteiger partial charge >= 0.3 is 0 Å². The minimum atomic E-state index is 0.418. The molecule has 1 saturated carbocycles. The first-order valence-electron chi connectivity index (χ1n) is 7.81. The van der Waals surface area contributed by atoms with E-state index in [2.05, 4.69) is 20.5 Å². The van der Waals surface area contributed by atoms with E-state index in [1.54, 1.807) is 10.9 Å². The molecule has 0 bridgehead atoms. The van der Waals surface area contributed by atoms with Crippen LogP contribution >= 0.6 is 0 Å². The van der Waals surface area contributed by atoms with Crippen molar-refractivity contribution in [3.8, 4) is 11.6 Å². The van der Waals surface area contributed by atoms with Gasteiger partial charge in [0.2, 0.25) is 0 Å². The highest BCUT2D eigenvalue weighted by Crippen LogP contribution is 2.30. The minimum absolute atomic E-state index is 0.418. The molecule has 0 aliphatic heterocycles. The first-order valence-corrected chi connectivity index (χ1v) is 7.81. The van der Waals surface area contributed by atoms with Gasteiger partial charge in [-0.1, -0.05) is 42.5 Å². The van der Waals surface area contributed by atoms with Crippen LogP contribution in [0.25, 0.3) is 11.6 Å². The van der Waals surface area contributed by atoms with Gasteiger partial charge in [0, 0.05) is 12.5 Å². The molecule has 114 valence electrons. The lowest BCUT2D eigenvalue weighted by Gasteiger charge is -2.15. The summed E-state index contributed by atoms with van der Waals surface area (Å²) in [5.74, 6) is 1.69. The molecular weight excluding hydrogens is 268 g/mol. The Morgan fingerprint density at radius 3 is 2.71 bits per heavy atom. The second kappa shape index (κ2) is 6.80. The highest BCUT2D eigenvalue weighted by Gasteiger charge is 2.21. The van der Waals surface area contributed by atoms with Crippen molar-refractivity contribution in [1.82, 2.24) is 25.1 Å². The maximum absolute atomic E-state index is 5.50. The molecule has 21 heavy (non-hydrogen) atoms. The first-order chi connectivity index (χ1) is 10.4.